The highest BCUT2D eigenvalue weighted by atomic mass is 79.9. The van der Waals surface area contributed by atoms with Gasteiger partial charge in [0.25, 0.3) is 0 Å². The van der Waals surface area contributed by atoms with E-state index in [2.05, 4.69) is 31.3 Å². The molecule has 1 atom stereocenters. The van der Waals surface area contributed by atoms with Crippen LogP contribution < -0.4 is 5.32 Å². The smallest absolute Gasteiger partial charge is 0.410 e. The molecule has 1 fully saturated rings. The van der Waals surface area contributed by atoms with Crippen LogP contribution in [0.5, 0.6) is 0 Å². The maximum atomic E-state index is 12.7. The zero-order valence-corrected chi connectivity index (χ0v) is 19.5. The van der Waals surface area contributed by atoms with Gasteiger partial charge in [-0.3, -0.25) is 4.98 Å². The third-order valence-corrected chi connectivity index (χ3v) is 6.26. The van der Waals surface area contributed by atoms with Crippen LogP contribution in [0.2, 0.25) is 0 Å². The van der Waals surface area contributed by atoms with Crippen molar-refractivity contribution in [3.8, 4) is 0 Å². The second-order valence-corrected chi connectivity index (χ2v) is 8.83. The van der Waals surface area contributed by atoms with E-state index in [1.807, 2.05) is 48.5 Å². The van der Waals surface area contributed by atoms with Gasteiger partial charge in [0.2, 0.25) is 0 Å². The Morgan fingerprint density at radius 1 is 1.18 bits per heavy atom. The van der Waals surface area contributed by atoms with E-state index in [0.29, 0.717) is 13.1 Å². The van der Waals surface area contributed by atoms with Crippen LogP contribution in [0.4, 0.5) is 16.3 Å². The number of nitrogens with zero attached hydrogens (tertiary/aromatic N) is 5. The SMILES string of the molecule is O=C(OCc1ccccc1)N1CCCC(c2cc(Nc3ccncc3)n3ncc(Br)c3n2)C1. The van der Waals surface area contributed by atoms with Crippen LogP contribution in [0, 0.1) is 0 Å². The Morgan fingerprint density at radius 3 is 2.82 bits per heavy atom. The van der Waals surface area contributed by atoms with Gasteiger partial charge in [0.15, 0.2) is 5.65 Å². The van der Waals surface area contributed by atoms with Gasteiger partial charge in [-0.25, -0.2) is 9.78 Å². The Kier molecular flexibility index (Phi) is 6.21. The highest BCUT2D eigenvalue weighted by Gasteiger charge is 2.28. The average Bonchev–Trinajstić information content (AvgIpc) is 3.25. The number of benzene rings is 1. The number of carbonyl (C=O) groups excluding carboxylic acids is 1. The molecular weight excluding hydrogens is 484 g/mol. The quantitative estimate of drug-likeness (QED) is 0.403. The minimum Gasteiger partial charge on any atom is -0.445 e. The van der Waals surface area contributed by atoms with Gasteiger partial charge in [-0.15, -0.1) is 0 Å². The summed E-state index contributed by atoms with van der Waals surface area (Å²) in [4.78, 5) is 23.4. The lowest BCUT2D eigenvalue weighted by Gasteiger charge is -2.32. The predicted octanol–water partition coefficient (Wildman–Crippen LogP) is 5.15. The molecule has 0 radical (unpaired) electrons. The fraction of sp³-hybridized carbons (Fsp3) is 0.250. The molecule has 5 rings (SSSR count). The summed E-state index contributed by atoms with van der Waals surface area (Å²) in [7, 11) is 0. The van der Waals surface area contributed by atoms with Crippen LogP contribution in [-0.2, 0) is 11.3 Å². The Morgan fingerprint density at radius 2 is 2.00 bits per heavy atom. The molecule has 1 aliphatic heterocycles. The van der Waals surface area contributed by atoms with Crippen molar-refractivity contribution in [3.63, 3.8) is 0 Å². The van der Waals surface area contributed by atoms with E-state index in [1.54, 1.807) is 28.0 Å². The number of likely N-dealkylation sites (tertiary alicyclic amines) is 1. The molecule has 4 heterocycles. The summed E-state index contributed by atoms with van der Waals surface area (Å²) in [6, 6.07) is 15.5. The van der Waals surface area contributed by atoms with Crippen LogP contribution in [0.3, 0.4) is 0 Å². The van der Waals surface area contributed by atoms with Gasteiger partial charge < -0.3 is 15.0 Å². The molecule has 1 unspecified atom stereocenters. The van der Waals surface area contributed by atoms with E-state index in [1.165, 1.54) is 0 Å². The number of hydrogen-bond donors (Lipinski definition) is 1. The van der Waals surface area contributed by atoms with E-state index >= 15 is 0 Å². The number of amides is 1. The second-order valence-electron chi connectivity index (χ2n) is 7.98. The number of rotatable bonds is 5. The number of piperidine rings is 1. The molecule has 3 aromatic heterocycles. The summed E-state index contributed by atoms with van der Waals surface area (Å²) < 4.78 is 8.14. The van der Waals surface area contributed by atoms with Gasteiger partial charge in [0.05, 0.1) is 16.4 Å². The molecule has 1 saturated heterocycles. The lowest BCUT2D eigenvalue weighted by atomic mass is 9.94. The van der Waals surface area contributed by atoms with Crippen LogP contribution in [0.25, 0.3) is 5.65 Å². The topological polar surface area (TPSA) is 84.7 Å². The molecule has 0 aliphatic carbocycles. The molecule has 4 aromatic rings. The van der Waals surface area contributed by atoms with E-state index in [0.717, 1.165) is 45.7 Å². The third-order valence-electron chi connectivity index (χ3n) is 5.70. The fourth-order valence-corrected chi connectivity index (χ4v) is 4.38. The maximum absolute atomic E-state index is 12.7. The van der Waals surface area contributed by atoms with Gasteiger partial charge >= 0.3 is 6.09 Å². The van der Waals surface area contributed by atoms with Gasteiger partial charge in [-0.1, -0.05) is 30.3 Å². The first-order valence-electron chi connectivity index (χ1n) is 10.8. The summed E-state index contributed by atoms with van der Waals surface area (Å²) in [5.41, 5.74) is 3.53. The molecule has 33 heavy (non-hydrogen) atoms. The molecule has 1 amide bonds. The third kappa shape index (κ3) is 4.83. The van der Waals surface area contributed by atoms with Gasteiger partial charge in [0.1, 0.15) is 12.4 Å². The number of fused-ring (bicyclic) bond motifs is 1. The van der Waals surface area contributed by atoms with E-state index in [4.69, 9.17) is 9.72 Å². The van der Waals surface area contributed by atoms with Crippen molar-refractivity contribution >= 4 is 39.2 Å². The molecule has 0 saturated carbocycles. The highest BCUT2D eigenvalue weighted by molar-refractivity contribution is 9.10. The molecule has 9 heteroatoms. The first kappa shape index (κ1) is 21.4. The molecule has 1 aromatic carbocycles. The Balaban J connectivity index is 1.35. The van der Waals surface area contributed by atoms with E-state index in [9.17, 15) is 4.79 Å². The number of pyridine rings is 1. The standard InChI is InChI=1S/C24H23BrN6O2/c25-20-14-27-31-22(28-19-8-10-26-11-9-19)13-21(29-23(20)31)18-7-4-12-30(15-18)24(32)33-16-17-5-2-1-3-6-17/h1-3,5-6,8-11,13-14,18H,4,7,12,15-16H2,(H,26,28). The zero-order chi connectivity index (χ0) is 22.6. The number of aromatic nitrogens is 4. The molecule has 1 aliphatic rings. The summed E-state index contributed by atoms with van der Waals surface area (Å²) >= 11 is 3.55. The van der Waals surface area contributed by atoms with Gasteiger partial charge in [0, 0.05) is 43.2 Å². The molecule has 0 spiro atoms. The van der Waals surface area contributed by atoms with Crippen molar-refractivity contribution in [3.05, 3.63) is 82.9 Å². The average molecular weight is 507 g/mol. The van der Waals surface area contributed by atoms with Crippen LogP contribution in [0.15, 0.2) is 71.6 Å². The van der Waals surface area contributed by atoms with Crippen LogP contribution >= 0.6 is 15.9 Å². The van der Waals surface area contributed by atoms with Crippen molar-refractivity contribution in [1.82, 2.24) is 24.5 Å². The Hall–Kier alpha value is -3.46. The first-order valence-corrected chi connectivity index (χ1v) is 11.6. The number of ether oxygens (including phenoxy) is 1. The van der Waals surface area contributed by atoms with Crippen molar-refractivity contribution in [1.29, 1.82) is 0 Å². The summed E-state index contributed by atoms with van der Waals surface area (Å²) in [6.07, 6.45) is 6.77. The molecule has 1 N–H and O–H groups in total. The van der Waals surface area contributed by atoms with E-state index < -0.39 is 0 Å². The molecule has 8 nitrogen and oxygen atoms in total. The zero-order valence-electron chi connectivity index (χ0n) is 17.9. The highest BCUT2D eigenvalue weighted by Crippen LogP contribution is 2.31. The van der Waals surface area contributed by atoms with Crippen molar-refractivity contribution in [2.24, 2.45) is 0 Å². The van der Waals surface area contributed by atoms with Crippen molar-refractivity contribution in [2.75, 3.05) is 18.4 Å². The summed E-state index contributed by atoms with van der Waals surface area (Å²) in [5, 5.41) is 7.85. The van der Waals surface area contributed by atoms with Crippen molar-refractivity contribution < 1.29 is 9.53 Å². The van der Waals surface area contributed by atoms with E-state index in [-0.39, 0.29) is 18.6 Å². The lowest BCUT2D eigenvalue weighted by Crippen LogP contribution is -2.39. The Labute approximate surface area is 199 Å². The largest absolute Gasteiger partial charge is 0.445 e. The molecule has 168 valence electrons. The number of carbonyl (C=O) groups is 1. The van der Waals surface area contributed by atoms with Crippen molar-refractivity contribution in [2.45, 2.75) is 25.4 Å². The van der Waals surface area contributed by atoms with Crippen LogP contribution in [0.1, 0.15) is 30.0 Å². The van der Waals surface area contributed by atoms with Gasteiger partial charge in [-0.05, 0) is 46.5 Å². The number of halogens is 1. The monoisotopic (exact) mass is 506 g/mol. The summed E-state index contributed by atoms with van der Waals surface area (Å²) in [5.74, 6) is 0.906. The number of anilines is 2. The minimum atomic E-state index is -0.287. The molecule has 0 bridgehead atoms. The summed E-state index contributed by atoms with van der Waals surface area (Å²) in [6.45, 7) is 1.52. The minimum absolute atomic E-state index is 0.104. The Bertz CT molecular complexity index is 1250. The lowest BCUT2D eigenvalue weighted by molar-refractivity contribution is 0.0856. The molecular formula is C24H23BrN6O2. The normalized spacial score (nSPS) is 16.0. The van der Waals surface area contributed by atoms with Gasteiger partial charge in [-0.2, -0.15) is 9.61 Å². The predicted molar refractivity (Wildman–Crippen MR) is 128 cm³/mol. The number of hydrogen-bond acceptors (Lipinski definition) is 6. The maximum Gasteiger partial charge on any atom is 0.410 e. The second kappa shape index (κ2) is 9.58. The first-order chi connectivity index (χ1) is 16.2. The fourth-order valence-electron chi connectivity index (χ4n) is 4.03. The van der Waals surface area contributed by atoms with Crippen LogP contribution in [-0.4, -0.2) is 43.7 Å². The number of nitrogens with one attached hydrogen (secondary N) is 1.